The van der Waals surface area contributed by atoms with Gasteiger partial charge in [-0.1, -0.05) is 13.8 Å². The smallest absolute Gasteiger partial charge is 0.356 e. The molecular weight excluding hydrogens is 341 g/mol. The van der Waals surface area contributed by atoms with E-state index < -0.39 is 12.7 Å². The molecule has 0 aromatic carbocycles. The van der Waals surface area contributed by atoms with E-state index in [9.17, 15) is 13.2 Å². The lowest BCUT2D eigenvalue weighted by Crippen LogP contribution is -2.72. The van der Waals surface area contributed by atoms with Crippen LogP contribution in [0.1, 0.15) is 53.9 Å². The number of halogens is 3. The first-order valence-corrected chi connectivity index (χ1v) is 9.81. The molecule has 4 nitrogen and oxygen atoms in total. The molecule has 0 radical (unpaired) electrons. The zero-order chi connectivity index (χ0) is 19.6. The monoisotopic (exact) mass is 376 g/mol. The fourth-order valence-corrected chi connectivity index (χ4v) is 3.83. The highest BCUT2D eigenvalue weighted by molar-refractivity contribution is 5.82. The fraction of sp³-hybridized carbons (Fsp3) is 0.947. The molecule has 0 bridgehead atoms. The summed E-state index contributed by atoms with van der Waals surface area (Å²) in [5, 5.41) is 3.39. The van der Waals surface area contributed by atoms with Gasteiger partial charge in [-0.3, -0.25) is 9.89 Å². The molecule has 1 N–H and O–H groups in total. The second-order valence-corrected chi connectivity index (χ2v) is 8.89. The Morgan fingerprint density at radius 3 is 2.23 bits per heavy atom. The lowest BCUT2D eigenvalue weighted by Gasteiger charge is -2.62. The largest absolute Gasteiger partial charge is 0.401 e. The van der Waals surface area contributed by atoms with Crippen LogP contribution in [0.15, 0.2) is 4.99 Å². The van der Waals surface area contributed by atoms with E-state index >= 15 is 0 Å². The van der Waals surface area contributed by atoms with Crippen molar-refractivity contribution in [3.05, 3.63) is 0 Å². The lowest BCUT2D eigenvalue weighted by atomic mass is 9.65. The third kappa shape index (κ3) is 5.05. The molecule has 0 saturated carbocycles. The molecule has 0 aromatic rings. The summed E-state index contributed by atoms with van der Waals surface area (Å²) in [6.07, 6.45) is -1.46. The van der Waals surface area contributed by atoms with E-state index in [0.717, 1.165) is 44.9 Å². The first-order valence-electron chi connectivity index (χ1n) is 9.81. The van der Waals surface area contributed by atoms with Gasteiger partial charge in [0, 0.05) is 30.6 Å². The molecule has 0 spiro atoms. The number of likely N-dealkylation sites (tertiary alicyclic amines) is 2. The van der Waals surface area contributed by atoms with Crippen LogP contribution in [-0.4, -0.2) is 66.7 Å². The average molecular weight is 377 g/mol. The van der Waals surface area contributed by atoms with Crippen LogP contribution in [0.3, 0.4) is 0 Å². The molecule has 2 saturated heterocycles. The van der Waals surface area contributed by atoms with Crippen LogP contribution in [0.2, 0.25) is 0 Å². The van der Waals surface area contributed by atoms with Crippen LogP contribution in [0.5, 0.6) is 0 Å². The Kier molecular flexibility index (Phi) is 6.52. The molecular formula is C19H35F3N4. The van der Waals surface area contributed by atoms with Crippen molar-refractivity contribution in [1.29, 1.82) is 0 Å². The van der Waals surface area contributed by atoms with E-state index in [2.05, 4.69) is 44.8 Å². The van der Waals surface area contributed by atoms with Crippen molar-refractivity contribution in [2.24, 2.45) is 16.3 Å². The Bertz CT molecular complexity index is 492. The Balaban J connectivity index is 1.81. The van der Waals surface area contributed by atoms with Gasteiger partial charge in [-0.05, 0) is 59.0 Å². The number of piperidine rings is 1. The van der Waals surface area contributed by atoms with Crippen LogP contribution in [0.25, 0.3) is 0 Å². The van der Waals surface area contributed by atoms with Crippen LogP contribution < -0.4 is 5.32 Å². The van der Waals surface area contributed by atoms with Gasteiger partial charge >= 0.3 is 6.18 Å². The third-order valence-corrected chi connectivity index (χ3v) is 6.38. The minimum atomic E-state index is -4.09. The highest BCUT2D eigenvalue weighted by Gasteiger charge is 2.53. The maximum Gasteiger partial charge on any atom is 0.401 e. The van der Waals surface area contributed by atoms with E-state index in [1.807, 2.05) is 0 Å². The summed E-state index contributed by atoms with van der Waals surface area (Å²) in [6.45, 7) is 14.0. The van der Waals surface area contributed by atoms with Gasteiger partial charge in [-0.2, -0.15) is 13.2 Å². The molecule has 2 rings (SSSR count). The van der Waals surface area contributed by atoms with Gasteiger partial charge < -0.3 is 10.2 Å². The summed E-state index contributed by atoms with van der Waals surface area (Å²) < 4.78 is 37.4. The van der Waals surface area contributed by atoms with Crippen molar-refractivity contribution in [2.45, 2.75) is 65.6 Å². The van der Waals surface area contributed by atoms with Crippen molar-refractivity contribution in [3.63, 3.8) is 0 Å². The Hall–Kier alpha value is -0.980. The van der Waals surface area contributed by atoms with Crippen molar-refractivity contribution in [1.82, 2.24) is 15.1 Å². The Morgan fingerprint density at radius 2 is 1.77 bits per heavy atom. The minimum Gasteiger partial charge on any atom is -0.356 e. The van der Waals surface area contributed by atoms with Crippen molar-refractivity contribution in [3.8, 4) is 0 Å². The van der Waals surface area contributed by atoms with E-state index in [0.29, 0.717) is 19.0 Å². The SMILES string of the molecule is CCNC(=NCCC1CCN(CC(F)(F)F)CC1)N1CC(C)(C)C1(C)C. The summed E-state index contributed by atoms with van der Waals surface area (Å²) in [5.74, 6) is 1.44. The van der Waals surface area contributed by atoms with Crippen LogP contribution in [-0.2, 0) is 0 Å². The second kappa shape index (κ2) is 7.95. The summed E-state index contributed by atoms with van der Waals surface area (Å²) in [6, 6.07) is 0. The number of hydrogen-bond acceptors (Lipinski definition) is 2. The summed E-state index contributed by atoms with van der Waals surface area (Å²) in [4.78, 5) is 8.67. The van der Waals surface area contributed by atoms with Crippen molar-refractivity contribution < 1.29 is 13.2 Å². The normalized spacial score (nSPS) is 24.5. The predicted molar refractivity (Wildman–Crippen MR) is 100 cm³/mol. The third-order valence-electron chi connectivity index (χ3n) is 6.38. The highest BCUT2D eigenvalue weighted by Crippen LogP contribution is 2.46. The second-order valence-electron chi connectivity index (χ2n) is 8.89. The average Bonchev–Trinajstić information content (AvgIpc) is 2.52. The maximum atomic E-state index is 12.5. The highest BCUT2D eigenvalue weighted by atomic mass is 19.4. The lowest BCUT2D eigenvalue weighted by molar-refractivity contribution is -0.148. The number of alkyl halides is 3. The molecule has 0 aromatic heterocycles. The molecule has 7 heteroatoms. The van der Waals surface area contributed by atoms with E-state index in [1.54, 1.807) is 0 Å². The molecule has 0 amide bonds. The summed E-state index contributed by atoms with van der Waals surface area (Å²) >= 11 is 0. The van der Waals surface area contributed by atoms with Crippen LogP contribution >= 0.6 is 0 Å². The number of aliphatic imine (C=N–C) groups is 1. The van der Waals surface area contributed by atoms with Gasteiger partial charge in [0.05, 0.1) is 6.54 Å². The molecule has 2 fully saturated rings. The summed E-state index contributed by atoms with van der Waals surface area (Å²) in [5.41, 5.74) is 0.325. The first kappa shape index (κ1) is 21.3. The van der Waals surface area contributed by atoms with Gasteiger partial charge in [0.2, 0.25) is 0 Å². The number of nitrogens with one attached hydrogen (secondary N) is 1. The fourth-order valence-electron chi connectivity index (χ4n) is 3.83. The van der Waals surface area contributed by atoms with Crippen LogP contribution in [0.4, 0.5) is 13.2 Å². The van der Waals surface area contributed by atoms with Gasteiger partial charge in [0.1, 0.15) is 0 Å². The van der Waals surface area contributed by atoms with Gasteiger partial charge in [0.15, 0.2) is 5.96 Å². The topological polar surface area (TPSA) is 30.9 Å². The Morgan fingerprint density at radius 1 is 1.15 bits per heavy atom. The van der Waals surface area contributed by atoms with Gasteiger partial charge in [-0.15, -0.1) is 0 Å². The standard InChI is InChI=1S/C19H35F3N4/c1-6-23-16(26-13-17(2,3)18(26,4)5)24-10-7-15-8-11-25(12-9-15)14-19(20,21)22/h15H,6-14H2,1-5H3,(H,23,24). The minimum absolute atomic E-state index is 0.0664. The number of guanidine groups is 1. The molecule has 2 aliphatic rings. The molecule has 0 atom stereocenters. The number of nitrogens with zero attached hydrogens (tertiary/aromatic N) is 3. The van der Waals surface area contributed by atoms with Gasteiger partial charge in [0.25, 0.3) is 0 Å². The number of rotatable bonds is 5. The molecule has 2 heterocycles. The Labute approximate surface area is 156 Å². The van der Waals surface area contributed by atoms with Crippen molar-refractivity contribution >= 4 is 5.96 Å². The molecule has 0 aliphatic carbocycles. The summed E-state index contributed by atoms with van der Waals surface area (Å²) in [7, 11) is 0. The maximum absolute atomic E-state index is 12.5. The van der Waals surface area contributed by atoms with E-state index in [-0.39, 0.29) is 11.0 Å². The number of hydrogen-bond donors (Lipinski definition) is 1. The zero-order valence-corrected chi connectivity index (χ0v) is 16.9. The molecule has 152 valence electrons. The predicted octanol–water partition coefficient (Wildman–Crippen LogP) is 3.74. The van der Waals surface area contributed by atoms with Gasteiger partial charge in [-0.25, -0.2) is 0 Å². The van der Waals surface area contributed by atoms with Crippen molar-refractivity contribution in [2.75, 3.05) is 39.3 Å². The van der Waals surface area contributed by atoms with E-state index in [4.69, 9.17) is 4.99 Å². The first-order chi connectivity index (χ1) is 12.0. The van der Waals surface area contributed by atoms with E-state index in [1.165, 1.54) is 4.90 Å². The molecule has 26 heavy (non-hydrogen) atoms. The van der Waals surface area contributed by atoms with Crippen LogP contribution in [0, 0.1) is 11.3 Å². The quantitative estimate of drug-likeness (QED) is 0.586. The molecule has 0 unspecified atom stereocenters. The zero-order valence-electron chi connectivity index (χ0n) is 16.9. The molecule has 2 aliphatic heterocycles.